The second-order valence-corrected chi connectivity index (χ2v) is 23.7. The van der Waals surface area contributed by atoms with Gasteiger partial charge in [-0.3, -0.25) is 0 Å². The Bertz CT molecular complexity index is 3940. The number of aromatic nitrogens is 2. The second-order valence-electron chi connectivity index (χ2n) is 23.7. The predicted octanol–water partition coefficient (Wildman–Crippen LogP) is 20.2. The van der Waals surface area contributed by atoms with Crippen LogP contribution in [0.5, 0.6) is 11.5 Å². The Morgan fingerprint density at radius 2 is 1.15 bits per heavy atom. The number of pyridine rings is 1. The largest absolute Gasteiger partial charge is 0.509 e. The molecule has 0 bridgehead atoms. The van der Waals surface area contributed by atoms with Crippen LogP contribution in [0.1, 0.15) is 130 Å². The maximum atomic E-state index is 15.6. The van der Waals surface area contributed by atoms with E-state index in [-0.39, 0.29) is 43.7 Å². The number of halogens is 2. The zero-order valence-electron chi connectivity index (χ0n) is 48.1. The van der Waals surface area contributed by atoms with E-state index in [0.717, 1.165) is 84.1 Å². The van der Waals surface area contributed by atoms with Crippen molar-refractivity contribution < 1.29 is 36.0 Å². The van der Waals surface area contributed by atoms with Crippen molar-refractivity contribution in [2.24, 2.45) is 0 Å². The summed E-state index contributed by atoms with van der Waals surface area (Å²) in [5.74, 6) is -0.0255. The van der Waals surface area contributed by atoms with Gasteiger partial charge in [0.25, 0.3) is 0 Å². The first-order chi connectivity index (χ1) is 37.5. The summed E-state index contributed by atoms with van der Waals surface area (Å²) in [6, 6.07) is 59.3. The van der Waals surface area contributed by atoms with Gasteiger partial charge in [-0.2, -0.15) is 6.07 Å². The van der Waals surface area contributed by atoms with Crippen molar-refractivity contribution in [2.75, 3.05) is 9.80 Å². The summed E-state index contributed by atoms with van der Waals surface area (Å²) in [4.78, 5) is 9.18. The summed E-state index contributed by atoms with van der Waals surface area (Å²) in [5, 5.41) is 2.10. The summed E-state index contributed by atoms with van der Waals surface area (Å²) < 4.78 is 49.7. The minimum atomic E-state index is -0.935. The van der Waals surface area contributed by atoms with Crippen LogP contribution in [0.25, 0.3) is 61.0 Å². The fraction of sp³-hybridized carbons (Fsp3) is 0.239. The first-order valence-corrected chi connectivity index (χ1v) is 27.1. The molecule has 0 radical (unpaired) electrons. The predicted molar refractivity (Wildman–Crippen MR) is 320 cm³/mol. The summed E-state index contributed by atoms with van der Waals surface area (Å²) in [5.41, 5.74) is 14.8. The Kier molecular flexibility index (Phi) is 14.5. The van der Waals surface area contributed by atoms with Crippen molar-refractivity contribution in [3.8, 4) is 50.7 Å². The number of rotatable bonds is 11. The summed E-state index contributed by atoms with van der Waals surface area (Å²) >= 11 is 0. The van der Waals surface area contributed by atoms with E-state index in [9.17, 15) is 1.37 Å². The molecule has 0 N–H and O–H groups in total. The van der Waals surface area contributed by atoms with Crippen LogP contribution in [0.3, 0.4) is 0 Å². The van der Waals surface area contributed by atoms with Gasteiger partial charge in [0.2, 0.25) is 0 Å². The number of nitrogens with zero attached hydrogens (tertiary/aromatic N) is 4. The van der Waals surface area contributed by atoms with Gasteiger partial charge in [0.05, 0.1) is 0 Å². The van der Waals surface area contributed by atoms with Crippen LogP contribution in [-0.4, -0.2) is 9.55 Å². The molecule has 0 saturated heterocycles. The van der Waals surface area contributed by atoms with Crippen LogP contribution in [-0.2, 0) is 31.9 Å². The molecule has 0 fully saturated rings. The molecule has 0 saturated carbocycles. The molecule has 404 valence electrons. The van der Waals surface area contributed by atoms with Crippen LogP contribution in [0.4, 0.5) is 31.5 Å². The number of hydrogen-bond acceptors (Lipinski definition) is 4. The van der Waals surface area contributed by atoms with Gasteiger partial charge in [-0.1, -0.05) is 161 Å². The quantitative estimate of drug-likeness (QED) is 0.121. The van der Waals surface area contributed by atoms with Crippen molar-refractivity contribution in [1.82, 2.24) is 9.55 Å². The number of ether oxygens (including phenoxy) is 1. The van der Waals surface area contributed by atoms with Gasteiger partial charge in [0, 0.05) is 79.9 Å². The van der Waals surface area contributed by atoms with Crippen LogP contribution in [0.2, 0.25) is 0 Å². The molecule has 8 aromatic carbocycles. The first kappa shape index (κ1) is 53.7. The molecule has 10 aromatic rings. The van der Waals surface area contributed by atoms with Crippen molar-refractivity contribution in [2.45, 2.75) is 112 Å². The Labute approximate surface area is 481 Å². The molecule has 2 aromatic heterocycles. The standard InChI is InChI=1S/C71H67F2N4O.Pt/c1-43(2)46-29-47(44(3)4)31-48(30-46)62-36-52(71(10,11)12)37-63(49-32-53(72)39-54(73)33-49)69(62)76-42-75(65-23-17-18-24-66(65)76)55-34-50(59-20-14-13-19-58(59)45(5)6)35-57(40-55)78-56-25-26-61-60-21-15-16-22-64(60)77(67(61)41-56)68-38-51(27-28-74-68)70(7,8)9;/h13-39,42-45H,1-12H3;/q-3;/i45D;. The molecular weight excluding hydrogens is 1160 g/mol. The Balaban J connectivity index is 0.00000720. The summed E-state index contributed by atoms with van der Waals surface area (Å²) in [6.07, 6.45) is 1.88. The van der Waals surface area contributed by atoms with E-state index in [4.69, 9.17) is 9.72 Å². The Morgan fingerprint density at radius 3 is 1.80 bits per heavy atom. The normalized spacial score (nSPS) is 13.1. The molecule has 0 unspecified atom stereocenters. The molecule has 0 amide bonds. The van der Waals surface area contributed by atoms with Gasteiger partial charge < -0.3 is 19.1 Å². The number of fused-ring (bicyclic) bond motifs is 4. The molecule has 0 atom stereocenters. The van der Waals surface area contributed by atoms with E-state index in [1.165, 1.54) is 28.8 Å². The maximum absolute atomic E-state index is 15.6. The van der Waals surface area contributed by atoms with Gasteiger partial charge in [0.1, 0.15) is 17.5 Å². The van der Waals surface area contributed by atoms with Crippen molar-refractivity contribution in [3.63, 3.8) is 0 Å². The Hall–Kier alpha value is -7.34. The third-order valence-corrected chi connectivity index (χ3v) is 15.1. The second kappa shape index (κ2) is 21.4. The fourth-order valence-corrected chi connectivity index (χ4v) is 10.8. The van der Waals surface area contributed by atoms with Crippen molar-refractivity contribution in [1.29, 1.82) is 0 Å². The number of para-hydroxylation sites is 3. The number of anilines is 4. The van der Waals surface area contributed by atoms with Gasteiger partial charge >= 0.3 is 0 Å². The average molecular weight is 1230 g/mol. The molecule has 0 aliphatic carbocycles. The van der Waals surface area contributed by atoms with Crippen LogP contribution in [0, 0.1) is 30.4 Å². The van der Waals surface area contributed by atoms with E-state index < -0.39 is 17.5 Å². The van der Waals surface area contributed by atoms with E-state index >= 15 is 8.78 Å². The molecule has 11 rings (SSSR count). The molecule has 1 aliphatic rings. The molecule has 8 heteroatoms. The SMILES string of the molecule is [2H]C(C)(C)c1ccccc1-c1cc(Oc2[c-]c3c(cc2)c2ccccc2n3-c2cc(C(C)(C)C)ccn2)[c-]c(N2[CH-]N(c3c(-c4cc(F)cc(F)c4)cc(C(C)(C)C)cc3-c3cc(C(C)C)cc(C(C)C)c3)c3ccccc32)c1.[Pt]. The molecule has 79 heavy (non-hydrogen) atoms. The summed E-state index contributed by atoms with van der Waals surface area (Å²) in [6.45, 7) is 27.9. The molecular formula is C71H67F2N4OPt-3. The Morgan fingerprint density at radius 1 is 0.557 bits per heavy atom. The van der Waals surface area contributed by atoms with Crippen LogP contribution in [0.15, 0.2) is 164 Å². The number of benzene rings is 8. The van der Waals surface area contributed by atoms with Crippen LogP contribution >= 0.6 is 0 Å². The maximum Gasteiger partial charge on any atom is 0.135 e. The fourth-order valence-electron chi connectivity index (χ4n) is 10.8. The topological polar surface area (TPSA) is 33.5 Å². The van der Waals surface area contributed by atoms with Gasteiger partial charge in [-0.15, -0.1) is 53.6 Å². The minimum Gasteiger partial charge on any atom is -0.509 e. The van der Waals surface area contributed by atoms with Crippen molar-refractivity contribution in [3.05, 3.63) is 222 Å². The number of hydrogen-bond donors (Lipinski definition) is 0. The molecule has 0 spiro atoms. The zero-order chi connectivity index (χ0) is 55.9. The van der Waals surface area contributed by atoms with E-state index in [2.05, 4.69) is 193 Å². The van der Waals surface area contributed by atoms with Crippen LogP contribution < -0.4 is 14.5 Å². The third kappa shape index (κ3) is 10.7. The molecule has 1 aliphatic heterocycles. The van der Waals surface area contributed by atoms with E-state index in [1.807, 2.05) is 68.6 Å². The average Bonchev–Trinajstić information content (AvgIpc) is 4.13. The summed E-state index contributed by atoms with van der Waals surface area (Å²) in [7, 11) is 0. The molecule has 3 heterocycles. The monoisotopic (exact) mass is 1230 g/mol. The zero-order valence-corrected chi connectivity index (χ0v) is 49.4. The van der Waals surface area contributed by atoms with E-state index in [0.29, 0.717) is 28.3 Å². The minimum absolute atomic E-state index is 0. The van der Waals surface area contributed by atoms with Gasteiger partial charge in [-0.25, -0.2) is 13.8 Å². The van der Waals surface area contributed by atoms with E-state index in [1.54, 1.807) is 0 Å². The smallest absolute Gasteiger partial charge is 0.135 e. The third-order valence-electron chi connectivity index (χ3n) is 15.1. The first-order valence-electron chi connectivity index (χ1n) is 27.6. The van der Waals surface area contributed by atoms with Crippen molar-refractivity contribution >= 4 is 44.6 Å². The molecule has 5 nitrogen and oxygen atoms in total. The van der Waals surface area contributed by atoms with Gasteiger partial charge in [0.15, 0.2) is 0 Å². The van der Waals surface area contributed by atoms with Gasteiger partial charge in [-0.05, 0) is 133 Å².